The normalized spacial score (nSPS) is 29.4. The molecule has 90 valence electrons. The zero-order chi connectivity index (χ0) is 11.7. The van der Waals surface area contributed by atoms with Gasteiger partial charge in [-0.15, -0.1) is 11.3 Å². The topological polar surface area (TPSA) is 48.9 Å². The molecule has 0 unspecified atom stereocenters. The van der Waals surface area contributed by atoms with Crippen LogP contribution in [0.15, 0.2) is 29.9 Å². The van der Waals surface area contributed by atoms with Crippen molar-refractivity contribution >= 4 is 11.3 Å². The fraction of sp³-hybridized carbons (Fsp3) is 0.462. The predicted molar refractivity (Wildman–Crippen MR) is 68.0 cm³/mol. The van der Waals surface area contributed by atoms with Gasteiger partial charge in [-0.2, -0.15) is 0 Å². The molecule has 0 bridgehead atoms. The summed E-state index contributed by atoms with van der Waals surface area (Å²) < 4.78 is 0. The third-order valence-electron chi connectivity index (χ3n) is 3.67. The largest absolute Gasteiger partial charge is 0.381 e. The summed E-state index contributed by atoms with van der Waals surface area (Å²) in [5, 5.41) is 13.1. The molecule has 0 aromatic carbocycles. The van der Waals surface area contributed by atoms with Gasteiger partial charge in [0.2, 0.25) is 0 Å². The monoisotopic (exact) mass is 248 g/mol. The van der Waals surface area contributed by atoms with Crippen molar-refractivity contribution in [1.29, 1.82) is 0 Å². The number of aromatic nitrogens is 2. The van der Waals surface area contributed by atoms with Crippen molar-refractivity contribution in [2.75, 3.05) is 0 Å². The van der Waals surface area contributed by atoms with E-state index < -0.39 is 5.60 Å². The summed E-state index contributed by atoms with van der Waals surface area (Å²) in [5.74, 6) is 0.901. The van der Waals surface area contributed by atoms with Crippen molar-refractivity contribution < 1.29 is 5.11 Å². The van der Waals surface area contributed by atoms with Gasteiger partial charge in [-0.1, -0.05) is 18.9 Å². The van der Waals surface area contributed by atoms with Gasteiger partial charge in [0.05, 0.1) is 0 Å². The van der Waals surface area contributed by atoms with Crippen LogP contribution in [-0.4, -0.2) is 15.1 Å². The molecule has 0 amide bonds. The number of nitrogens with one attached hydrogen (secondary N) is 1. The highest BCUT2D eigenvalue weighted by Crippen LogP contribution is 2.47. The Morgan fingerprint density at radius 1 is 1.47 bits per heavy atom. The zero-order valence-electron chi connectivity index (χ0n) is 9.60. The van der Waals surface area contributed by atoms with E-state index in [1.54, 1.807) is 23.7 Å². The number of hydrogen-bond donors (Lipinski definition) is 2. The zero-order valence-corrected chi connectivity index (χ0v) is 10.4. The van der Waals surface area contributed by atoms with Crippen LogP contribution in [0.25, 0.3) is 0 Å². The lowest BCUT2D eigenvalue weighted by atomic mass is 9.74. The predicted octanol–water partition coefficient (Wildman–Crippen LogP) is 3.02. The molecule has 2 aromatic heterocycles. The van der Waals surface area contributed by atoms with E-state index in [9.17, 15) is 5.11 Å². The van der Waals surface area contributed by atoms with Crippen molar-refractivity contribution in [2.24, 2.45) is 0 Å². The first kappa shape index (κ1) is 11.0. The van der Waals surface area contributed by atoms with Gasteiger partial charge in [0.15, 0.2) is 0 Å². The Morgan fingerprint density at radius 3 is 3.12 bits per heavy atom. The number of thiophene rings is 1. The van der Waals surface area contributed by atoms with Crippen LogP contribution in [-0.2, 0) is 5.60 Å². The van der Waals surface area contributed by atoms with Gasteiger partial charge in [0.1, 0.15) is 11.4 Å². The van der Waals surface area contributed by atoms with E-state index in [4.69, 9.17) is 0 Å². The Labute approximate surface area is 105 Å². The van der Waals surface area contributed by atoms with Crippen molar-refractivity contribution in [3.05, 3.63) is 40.6 Å². The maximum Gasteiger partial charge on any atom is 0.138 e. The van der Waals surface area contributed by atoms with Crippen molar-refractivity contribution in [3.63, 3.8) is 0 Å². The van der Waals surface area contributed by atoms with Crippen molar-refractivity contribution in [2.45, 2.75) is 37.2 Å². The van der Waals surface area contributed by atoms with Crippen LogP contribution in [0.4, 0.5) is 0 Å². The van der Waals surface area contributed by atoms with Crippen molar-refractivity contribution in [3.8, 4) is 0 Å². The summed E-state index contributed by atoms with van der Waals surface area (Å²) in [5.41, 5.74) is -0.813. The van der Waals surface area contributed by atoms with Crippen molar-refractivity contribution in [1.82, 2.24) is 9.97 Å². The molecule has 1 aliphatic rings. The van der Waals surface area contributed by atoms with E-state index in [2.05, 4.69) is 27.5 Å². The third kappa shape index (κ3) is 1.81. The molecule has 2 N–H and O–H groups in total. The second-order valence-electron chi connectivity index (χ2n) is 4.68. The minimum atomic E-state index is -0.813. The van der Waals surface area contributed by atoms with Gasteiger partial charge in [-0.25, -0.2) is 4.98 Å². The van der Waals surface area contributed by atoms with Gasteiger partial charge in [-0.3, -0.25) is 0 Å². The molecule has 0 aliphatic heterocycles. The molecular formula is C13H16N2OS. The summed E-state index contributed by atoms with van der Waals surface area (Å²) in [6.45, 7) is 0. The molecular weight excluding hydrogens is 232 g/mol. The molecule has 2 aromatic rings. The maximum atomic E-state index is 11.0. The van der Waals surface area contributed by atoms with Gasteiger partial charge in [-0.05, 0) is 24.3 Å². The molecule has 1 fully saturated rings. The maximum absolute atomic E-state index is 11.0. The molecule has 2 heterocycles. The van der Waals surface area contributed by atoms with Crippen LogP contribution in [0, 0.1) is 0 Å². The highest BCUT2D eigenvalue weighted by molar-refractivity contribution is 7.10. The Balaban J connectivity index is 2.00. The highest BCUT2D eigenvalue weighted by Gasteiger charge is 2.43. The number of imidazole rings is 1. The standard InChI is InChI=1S/C13H16N2OS/c16-13(12-14-7-8-15-12)6-2-1-4-10(13)11-5-3-9-17-11/h3,5,7-10,16H,1-2,4,6H2,(H,14,15)/t10-,13+/m0/s1. The molecule has 3 nitrogen and oxygen atoms in total. The fourth-order valence-corrected chi connectivity index (χ4v) is 3.76. The van der Waals surface area contributed by atoms with Crippen LogP contribution in [0.3, 0.4) is 0 Å². The molecule has 4 heteroatoms. The first-order valence-electron chi connectivity index (χ1n) is 6.06. The molecule has 0 spiro atoms. The van der Waals surface area contributed by atoms with Crippen LogP contribution in [0.2, 0.25) is 0 Å². The van der Waals surface area contributed by atoms with Crippen LogP contribution in [0.1, 0.15) is 42.3 Å². The van der Waals surface area contributed by atoms with E-state index in [-0.39, 0.29) is 5.92 Å². The molecule has 17 heavy (non-hydrogen) atoms. The second kappa shape index (κ2) is 4.27. The van der Waals surface area contributed by atoms with E-state index in [0.29, 0.717) is 0 Å². The third-order valence-corrected chi connectivity index (χ3v) is 4.66. The number of nitrogens with zero attached hydrogens (tertiary/aromatic N) is 1. The van der Waals surface area contributed by atoms with Gasteiger partial charge in [0.25, 0.3) is 0 Å². The molecule has 0 saturated heterocycles. The number of aliphatic hydroxyl groups is 1. The quantitative estimate of drug-likeness (QED) is 0.858. The summed E-state index contributed by atoms with van der Waals surface area (Å²) in [4.78, 5) is 8.62. The number of hydrogen-bond acceptors (Lipinski definition) is 3. The fourth-order valence-electron chi connectivity index (χ4n) is 2.81. The van der Waals surface area contributed by atoms with E-state index in [0.717, 1.165) is 25.1 Å². The molecule has 3 rings (SSSR count). The SMILES string of the molecule is O[C@]1(c2ncc[nH]2)CCCC[C@H]1c1cccs1. The summed E-state index contributed by atoms with van der Waals surface area (Å²) >= 11 is 1.73. The van der Waals surface area contributed by atoms with Crippen LogP contribution in [0.5, 0.6) is 0 Å². The van der Waals surface area contributed by atoms with E-state index in [1.165, 1.54) is 11.3 Å². The number of H-pyrrole nitrogens is 1. The van der Waals surface area contributed by atoms with Gasteiger partial charge < -0.3 is 10.1 Å². The molecule has 1 aliphatic carbocycles. The summed E-state index contributed by atoms with van der Waals surface area (Å²) in [7, 11) is 0. The second-order valence-corrected chi connectivity index (χ2v) is 5.66. The lowest BCUT2D eigenvalue weighted by Crippen LogP contribution is -2.37. The minimum absolute atomic E-state index is 0.183. The Bertz CT molecular complexity index is 466. The average molecular weight is 248 g/mol. The first-order valence-corrected chi connectivity index (χ1v) is 6.94. The summed E-state index contributed by atoms with van der Waals surface area (Å²) in [6.07, 6.45) is 7.59. The Morgan fingerprint density at radius 2 is 2.41 bits per heavy atom. The van der Waals surface area contributed by atoms with Gasteiger partial charge >= 0.3 is 0 Å². The smallest absolute Gasteiger partial charge is 0.138 e. The first-order chi connectivity index (χ1) is 8.31. The lowest BCUT2D eigenvalue weighted by molar-refractivity contribution is -0.0285. The molecule has 0 radical (unpaired) electrons. The average Bonchev–Trinajstić information content (AvgIpc) is 3.03. The number of rotatable bonds is 2. The van der Waals surface area contributed by atoms with E-state index >= 15 is 0 Å². The lowest BCUT2D eigenvalue weighted by Gasteiger charge is -2.38. The highest BCUT2D eigenvalue weighted by atomic mass is 32.1. The van der Waals surface area contributed by atoms with E-state index in [1.807, 2.05) is 0 Å². The van der Waals surface area contributed by atoms with Gasteiger partial charge in [0, 0.05) is 23.2 Å². The molecule has 1 saturated carbocycles. The molecule has 2 atom stereocenters. The Kier molecular flexibility index (Phi) is 2.76. The van der Waals surface area contributed by atoms with Crippen LogP contribution < -0.4 is 0 Å². The Hall–Kier alpha value is -1.13. The minimum Gasteiger partial charge on any atom is -0.381 e. The van der Waals surface area contributed by atoms with Crippen LogP contribution >= 0.6 is 11.3 Å². The number of aromatic amines is 1. The summed E-state index contributed by atoms with van der Waals surface area (Å²) in [6, 6.07) is 4.17.